The van der Waals surface area contributed by atoms with E-state index in [1.165, 1.54) is 29.1 Å². The maximum Gasteiger partial charge on any atom is 0.276 e. The summed E-state index contributed by atoms with van der Waals surface area (Å²) in [6.07, 6.45) is 1.51. The molecule has 0 spiro atoms. The summed E-state index contributed by atoms with van der Waals surface area (Å²) in [6, 6.07) is 11.8. The number of ether oxygens (including phenoxy) is 1. The van der Waals surface area contributed by atoms with Gasteiger partial charge in [0.15, 0.2) is 18.2 Å². The Balaban J connectivity index is 1.70. The van der Waals surface area contributed by atoms with Crippen LogP contribution in [0.5, 0.6) is 5.75 Å². The quantitative estimate of drug-likeness (QED) is 0.459. The molecule has 9 nitrogen and oxygen atoms in total. The number of aromatic nitrogens is 2. The number of amides is 1. The van der Waals surface area contributed by atoms with Crippen molar-refractivity contribution in [3.8, 4) is 11.8 Å². The van der Waals surface area contributed by atoms with E-state index >= 15 is 0 Å². The standard InChI is InChI=1S/C18H11Cl2N5O4/c19-13-2-1-3-14(20)17(13)29-10-24-7-6-16(23-24)18(26)22-15-5-4-12(25(27)28)8-11(15)9-21/h1-8H,10H2,(H,22,26). The Bertz CT molecular complexity index is 1120. The molecule has 0 saturated carbocycles. The molecule has 11 heteroatoms. The van der Waals surface area contributed by atoms with Gasteiger partial charge >= 0.3 is 0 Å². The first kappa shape index (κ1) is 20.1. The molecule has 3 rings (SSSR count). The van der Waals surface area contributed by atoms with E-state index in [2.05, 4.69) is 10.4 Å². The molecule has 3 aromatic rings. The van der Waals surface area contributed by atoms with Crippen molar-refractivity contribution in [1.29, 1.82) is 5.26 Å². The lowest BCUT2D eigenvalue weighted by molar-refractivity contribution is -0.384. The molecule has 1 heterocycles. The summed E-state index contributed by atoms with van der Waals surface area (Å²) in [6.45, 7) is -0.0439. The van der Waals surface area contributed by atoms with Crippen LogP contribution in [0.2, 0.25) is 10.0 Å². The van der Waals surface area contributed by atoms with Gasteiger partial charge in [-0.25, -0.2) is 4.68 Å². The first-order valence-electron chi connectivity index (χ1n) is 7.99. The van der Waals surface area contributed by atoms with Gasteiger partial charge in [-0.2, -0.15) is 10.4 Å². The van der Waals surface area contributed by atoms with Crippen LogP contribution in [0, 0.1) is 21.4 Å². The highest BCUT2D eigenvalue weighted by Crippen LogP contribution is 2.32. The maximum atomic E-state index is 12.4. The number of nitrogens with one attached hydrogen (secondary N) is 1. The number of rotatable bonds is 6. The number of para-hydroxylation sites is 1. The highest BCUT2D eigenvalue weighted by atomic mass is 35.5. The van der Waals surface area contributed by atoms with Crippen LogP contribution in [0.3, 0.4) is 0 Å². The van der Waals surface area contributed by atoms with Gasteiger partial charge in [0, 0.05) is 18.3 Å². The van der Waals surface area contributed by atoms with Crippen molar-refractivity contribution in [1.82, 2.24) is 9.78 Å². The Morgan fingerprint density at radius 3 is 2.66 bits per heavy atom. The van der Waals surface area contributed by atoms with Crippen LogP contribution in [0.1, 0.15) is 16.1 Å². The number of hydrogen-bond acceptors (Lipinski definition) is 6. The third-order valence-electron chi connectivity index (χ3n) is 3.72. The Kier molecular flexibility index (Phi) is 5.97. The first-order chi connectivity index (χ1) is 13.9. The molecule has 0 unspecified atom stereocenters. The van der Waals surface area contributed by atoms with E-state index in [1.807, 2.05) is 6.07 Å². The third kappa shape index (κ3) is 4.63. The Hall–Kier alpha value is -3.61. The summed E-state index contributed by atoms with van der Waals surface area (Å²) >= 11 is 12.1. The minimum atomic E-state index is -0.626. The summed E-state index contributed by atoms with van der Waals surface area (Å²) < 4.78 is 6.89. The predicted molar refractivity (Wildman–Crippen MR) is 105 cm³/mol. The minimum absolute atomic E-state index is 0.0383. The summed E-state index contributed by atoms with van der Waals surface area (Å²) in [7, 11) is 0. The monoisotopic (exact) mass is 431 g/mol. The molecule has 0 aliphatic heterocycles. The van der Waals surface area contributed by atoms with Crippen molar-refractivity contribution in [2.24, 2.45) is 0 Å². The van der Waals surface area contributed by atoms with E-state index in [-0.39, 0.29) is 29.4 Å². The van der Waals surface area contributed by atoms with Crippen molar-refractivity contribution < 1.29 is 14.5 Å². The van der Waals surface area contributed by atoms with Gasteiger partial charge in [0.05, 0.1) is 26.2 Å². The van der Waals surface area contributed by atoms with Gasteiger partial charge in [0.1, 0.15) is 6.07 Å². The van der Waals surface area contributed by atoms with Gasteiger partial charge < -0.3 is 10.1 Å². The normalized spacial score (nSPS) is 10.2. The number of nitro groups is 1. The van der Waals surface area contributed by atoms with Crippen molar-refractivity contribution >= 4 is 40.5 Å². The Morgan fingerprint density at radius 2 is 2.00 bits per heavy atom. The fourth-order valence-corrected chi connectivity index (χ4v) is 2.85. The second kappa shape index (κ2) is 8.60. The van der Waals surface area contributed by atoms with Crippen LogP contribution in [0.25, 0.3) is 0 Å². The molecule has 1 N–H and O–H groups in total. The number of benzene rings is 2. The second-order valence-corrected chi connectivity index (χ2v) is 6.43. The predicted octanol–water partition coefficient (Wildman–Crippen LogP) is 4.26. The molecular formula is C18H11Cl2N5O4. The average Bonchev–Trinajstić information content (AvgIpc) is 3.17. The third-order valence-corrected chi connectivity index (χ3v) is 4.31. The van der Waals surface area contributed by atoms with E-state index in [1.54, 1.807) is 18.2 Å². The van der Waals surface area contributed by atoms with Crippen molar-refractivity contribution in [3.05, 3.63) is 80.1 Å². The minimum Gasteiger partial charge on any atom is -0.468 e. The molecular weight excluding hydrogens is 421 g/mol. The number of carbonyl (C=O) groups excluding carboxylic acids is 1. The largest absolute Gasteiger partial charge is 0.468 e. The Morgan fingerprint density at radius 1 is 1.28 bits per heavy atom. The number of non-ortho nitro benzene ring substituents is 1. The van der Waals surface area contributed by atoms with E-state index in [9.17, 15) is 14.9 Å². The number of carbonyl (C=O) groups is 1. The molecule has 1 amide bonds. The smallest absolute Gasteiger partial charge is 0.276 e. The van der Waals surface area contributed by atoms with E-state index in [0.29, 0.717) is 15.8 Å². The zero-order valence-corrected chi connectivity index (χ0v) is 16.0. The molecule has 1 aromatic heterocycles. The lowest BCUT2D eigenvalue weighted by atomic mass is 10.1. The highest BCUT2D eigenvalue weighted by Gasteiger charge is 2.16. The van der Waals surface area contributed by atoms with Gasteiger partial charge in [-0.15, -0.1) is 0 Å². The molecule has 0 radical (unpaired) electrons. The van der Waals surface area contributed by atoms with Crippen molar-refractivity contribution in [2.75, 3.05) is 5.32 Å². The SMILES string of the molecule is N#Cc1cc([N+](=O)[O-])ccc1NC(=O)c1ccn(COc2c(Cl)cccc2Cl)n1. The van der Waals surface area contributed by atoms with Gasteiger partial charge in [0.2, 0.25) is 0 Å². The molecule has 0 bridgehead atoms. The van der Waals surface area contributed by atoms with Crippen molar-refractivity contribution in [3.63, 3.8) is 0 Å². The first-order valence-corrected chi connectivity index (χ1v) is 8.75. The number of nitrogens with zero attached hydrogens (tertiary/aromatic N) is 4. The van der Waals surface area contributed by atoms with Gasteiger partial charge in [-0.05, 0) is 24.3 Å². The number of halogens is 2. The Labute approximate surface area is 174 Å². The highest BCUT2D eigenvalue weighted by molar-refractivity contribution is 6.37. The summed E-state index contributed by atoms with van der Waals surface area (Å²) in [5, 5.41) is 27.2. The second-order valence-electron chi connectivity index (χ2n) is 5.62. The number of nitriles is 1. The van der Waals surface area contributed by atoms with E-state index in [4.69, 9.17) is 33.2 Å². The van der Waals surface area contributed by atoms with Crippen LogP contribution < -0.4 is 10.1 Å². The van der Waals surface area contributed by atoms with Gasteiger partial charge in [-0.3, -0.25) is 14.9 Å². The van der Waals surface area contributed by atoms with E-state index < -0.39 is 10.8 Å². The maximum absolute atomic E-state index is 12.4. The van der Waals surface area contributed by atoms with E-state index in [0.717, 1.165) is 6.07 Å². The zero-order chi connectivity index (χ0) is 21.0. The van der Waals surface area contributed by atoms with Gasteiger partial charge in [-0.1, -0.05) is 29.3 Å². The molecule has 0 aliphatic rings. The van der Waals surface area contributed by atoms with Crippen LogP contribution in [-0.4, -0.2) is 20.6 Å². The van der Waals surface area contributed by atoms with Crippen LogP contribution >= 0.6 is 23.2 Å². The molecule has 0 fully saturated rings. The number of hydrogen-bond donors (Lipinski definition) is 1. The molecule has 2 aromatic carbocycles. The molecule has 29 heavy (non-hydrogen) atoms. The van der Waals surface area contributed by atoms with Crippen LogP contribution in [-0.2, 0) is 6.73 Å². The summed E-state index contributed by atoms with van der Waals surface area (Å²) in [5.74, 6) is -0.299. The summed E-state index contributed by atoms with van der Waals surface area (Å²) in [4.78, 5) is 22.6. The van der Waals surface area contributed by atoms with Crippen molar-refractivity contribution in [2.45, 2.75) is 6.73 Å². The fourth-order valence-electron chi connectivity index (χ4n) is 2.34. The fraction of sp³-hybridized carbons (Fsp3) is 0.0556. The number of nitro benzene ring substituents is 1. The lowest BCUT2D eigenvalue weighted by Crippen LogP contribution is -2.15. The summed E-state index contributed by atoms with van der Waals surface area (Å²) in [5.41, 5.74) is -0.0965. The van der Waals surface area contributed by atoms with Crippen LogP contribution in [0.15, 0.2) is 48.7 Å². The van der Waals surface area contributed by atoms with Gasteiger partial charge in [0.25, 0.3) is 11.6 Å². The molecule has 146 valence electrons. The molecule has 0 atom stereocenters. The molecule has 0 saturated heterocycles. The average molecular weight is 432 g/mol. The lowest BCUT2D eigenvalue weighted by Gasteiger charge is -2.09. The zero-order valence-electron chi connectivity index (χ0n) is 14.5. The van der Waals surface area contributed by atoms with Crippen LogP contribution in [0.4, 0.5) is 11.4 Å². The molecule has 0 aliphatic carbocycles. The topological polar surface area (TPSA) is 123 Å². The number of anilines is 1.